The molecule has 1 N–H and O–H groups in total. The van der Waals surface area contributed by atoms with Gasteiger partial charge in [0.25, 0.3) is 0 Å². The van der Waals surface area contributed by atoms with Gasteiger partial charge in [0, 0.05) is 38.3 Å². The van der Waals surface area contributed by atoms with E-state index in [4.69, 9.17) is 0 Å². The summed E-state index contributed by atoms with van der Waals surface area (Å²) in [6, 6.07) is 2.14. The molecular weight excluding hydrogens is 376 g/mol. The number of aromatic nitrogens is 3. The van der Waals surface area contributed by atoms with Crippen LogP contribution >= 0.6 is 0 Å². The first kappa shape index (κ1) is 18.5. The number of sulfonamides is 1. The SMILES string of the molecule is CN(c1ncnc2[nH]ccc12)[C@H]1C[C@@H](CS(=O)(=O)N2CCC(C(F)F)C2)C1. The van der Waals surface area contributed by atoms with Crippen LogP contribution in [0.3, 0.4) is 0 Å². The number of nitrogens with one attached hydrogen (secondary N) is 1. The van der Waals surface area contributed by atoms with E-state index in [2.05, 4.69) is 19.9 Å². The number of aromatic amines is 1. The largest absolute Gasteiger partial charge is 0.356 e. The molecule has 0 spiro atoms. The lowest BCUT2D eigenvalue weighted by molar-refractivity contribution is 0.0845. The summed E-state index contributed by atoms with van der Waals surface area (Å²) in [5.41, 5.74) is 0.771. The summed E-state index contributed by atoms with van der Waals surface area (Å²) in [5, 5.41) is 0.936. The van der Waals surface area contributed by atoms with Crippen LogP contribution in [0.5, 0.6) is 0 Å². The fourth-order valence-electron chi connectivity index (χ4n) is 4.08. The van der Waals surface area contributed by atoms with Gasteiger partial charge < -0.3 is 9.88 Å². The molecule has 1 saturated carbocycles. The monoisotopic (exact) mass is 399 g/mol. The van der Waals surface area contributed by atoms with Gasteiger partial charge in [0.15, 0.2) is 0 Å². The smallest absolute Gasteiger partial charge is 0.242 e. The van der Waals surface area contributed by atoms with Gasteiger partial charge in [-0.15, -0.1) is 0 Å². The van der Waals surface area contributed by atoms with E-state index in [1.165, 1.54) is 10.6 Å². The standard InChI is InChI=1S/C17H23F2N5O2S/c1-23(17-14-2-4-20-16(14)21-10-22-17)13-6-11(7-13)9-27(25,26)24-5-3-12(8-24)15(18)19/h2,4,10-13,15H,3,5-9H2,1H3,(H,20,21,22)/t11-,12?,13+. The predicted octanol–water partition coefficient (Wildman–Crippen LogP) is 2.09. The van der Waals surface area contributed by atoms with Gasteiger partial charge in [-0.1, -0.05) is 0 Å². The molecule has 148 valence electrons. The maximum Gasteiger partial charge on any atom is 0.242 e. The van der Waals surface area contributed by atoms with E-state index in [1.807, 2.05) is 19.3 Å². The van der Waals surface area contributed by atoms with E-state index < -0.39 is 22.4 Å². The van der Waals surface area contributed by atoms with Crippen LogP contribution in [0.25, 0.3) is 11.0 Å². The molecule has 1 unspecified atom stereocenters. The Morgan fingerprint density at radius 3 is 2.85 bits per heavy atom. The van der Waals surface area contributed by atoms with E-state index in [-0.39, 0.29) is 37.2 Å². The molecular formula is C17H23F2N5O2S. The maximum absolute atomic E-state index is 12.8. The molecule has 2 aromatic heterocycles. The van der Waals surface area contributed by atoms with Gasteiger partial charge in [0.05, 0.1) is 11.1 Å². The molecule has 2 aliphatic rings. The van der Waals surface area contributed by atoms with Crippen molar-refractivity contribution >= 4 is 26.9 Å². The summed E-state index contributed by atoms with van der Waals surface area (Å²) in [6.45, 7) is 0.155. The molecule has 27 heavy (non-hydrogen) atoms. The van der Waals surface area contributed by atoms with Gasteiger partial charge >= 0.3 is 0 Å². The summed E-state index contributed by atoms with van der Waals surface area (Å²) in [4.78, 5) is 13.7. The summed E-state index contributed by atoms with van der Waals surface area (Å²) < 4.78 is 51.9. The fraction of sp³-hybridized carbons (Fsp3) is 0.647. The first-order valence-corrected chi connectivity index (χ1v) is 10.7. The summed E-state index contributed by atoms with van der Waals surface area (Å²) >= 11 is 0. The van der Waals surface area contributed by atoms with Gasteiger partial charge in [-0.25, -0.2) is 31.5 Å². The van der Waals surface area contributed by atoms with Crippen LogP contribution in [0.15, 0.2) is 18.6 Å². The van der Waals surface area contributed by atoms with E-state index >= 15 is 0 Å². The Morgan fingerprint density at radius 1 is 1.37 bits per heavy atom. The summed E-state index contributed by atoms with van der Waals surface area (Å²) in [5.74, 6) is 0.0847. The van der Waals surface area contributed by atoms with Crippen molar-refractivity contribution < 1.29 is 17.2 Å². The molecule has 1 aliphatic heterocycles. The number of hydrogen-bond acceptors (Lipinski definition) is 5. The average Bonchev–Trinajstić information content (AvgIpc) is 3.25. The number of hydrogen-bond donors (Lipinski definition) is 1. The van der Waals surface area contributed by atoms with Crippen molar-refractivity contribution in [3.63, 3.8) is 0 Å². The van der Waals surface area contributed by atoms with Crippen LogP contribution in [-0.2, 0) is 10.0 Å². The Labute approximate surface area is 156 Å². The Kier molecular flexibility index (Phi) is 4.79. The van der Waals surface area contributed by atoms with Gasteiger partial charge in [-0.2, -0.15) is 0 Å². The Morgan fingerprint density at radius 2 is 2.15 bits per heavy atom. The van der Waals surface area contributed by atoms with Crippen molar-refractivity contribution in [2.75, 3.05) is 30.8 Å². The number of H-pyrrole nitrogens is 1. The summed E-state index contributed by atoms with van der Waals surface area (Å²) in [6.07, 6.45) is 2.61. The van der Waals surface area contributed by atoms with Gasteiger partial charge in [0.2, 0.25) is 16.4 Å². The minimum Gasteiger partial charge on any atom is -0.356 e. The van der Waals surface area contributed by atoms with E-state index in [1.54, 1.807) is 0 Å². The Hall–Kier alpha value is -1.81. The summed E-state index contributed by atoms with van der Waals surface area (Å²) in [7, 11) is -1.52. The van der Waals surface area contributed by atoms with Crippen molar-refractivity contribution in [2.45, 2.75) is 31.7 Å². The number of alkyl halides is 2. The van der Waals surface area contributed by atoms with Crippen molar-refractivity contribution in [3.8, 4) is 0 Å². The lowest BCUT2D eigenvalue weighted by Crippen LogP contribution is -2.46. The minimum absolute atomic E-state index is 0.0383. The fourth-order valence-corrected chi connectivity index (χ4v) is 5.96. The number of anilines is 1. The minimum atomic E-state index is -3.48. The Balaban J connectivity index is 1.35. The van der Waals surface area contributed by atoms with E-state index in [9.17, 15) is 17.2 Å². The molecule has 2 aromatic rings. The molecule has 3 heterocycles. The quantitative estimate of drug-likeness (QED) is 0.804. The van der Waals surface area contributed by atoms with Crippen molar-refractivity contribution in [3.05, 3.63) is 18.6 Å². The Bertz CT molecular complexity index is 913. The topological polar surface area (TPSA) is 82.2 Å². The average molecular weight is 399 g/mol. The third-order valence-electron chi connectivity index (χ3n) is 5.81. The highest BCUT2D eigenvalue weighted by Crippen LogP contribution is 2.37. The van der Waals surface area contributed by atoms with Crippen molar-refractivity contribution in [1.29, 1.82) is 0 Å². The zero-order chi connectivity index (χ0) is 19.2. The van der Waals surface area contributed by atoms with Crippen LogP contribution in [0.1, 0.15) is 19.3 Å². The molecule has 4 rings (SSSR count). The number of nitrogens with zero attached hydrogens (tertiary/aromatic N) is 4. The van der Waals surface area contributed by atoms with Crippen LogP contribution in [0, 0.1) is 11.8 Å². The van der Waals surface area contributed by atoms with E-state index in [0.717, 1.165) is 29.7 Å². The molecule has 0 bridgehead atoms. The first-order valence-electron chi connectivity index (χ1n) is 9.12. The highest BCUT2D eigenvalue weighted by atomic mass is 32.2. The third-order valence-corrected chi connectivity index (χ3v) is 7.82. The second-order valence-corrected chi connectivity index (χ2v) is 9.57. The molecule has 1 aliphatic carbocycles. The van der Waals surface area contributed by atoms with Crippen LogP contribution in [0.2, 0.25) is 0 Å². The van der Waals surface area contributed by atoms with Crippen LogP contribution < -0.4 is 4.90 Å². The normalized spacial score (nSPS) is 26.6. The molecule has 0 aromatic carbocycles. The lowest BCUT2D eigenvalue weighted by atomic mass is 9.81. The third kappa shape index (κ3) is 3.52. The highest BCUT2D eigenvalue weighted by Gasteiger charge is 2.40. The van der Waals surface area contributed by atoms with E-state index in [0.29, 0.717) is 0 Å². The highest BCUT2D eigenvalue weighted by molar-refractivity contribution is 7.89. The van der Waals surface area contributed by atoms with Gasteiger partial charge in [-0.05, 0) is 31.2 Å². The zero-order valence-corrected chi connectivity index (χ0v) is 15.9. The molecule has 7 nitrogen and oxygen atoms in total. The second kappa shape index (κ2) is 6.97. The lowest BCUT2D eigenvalue weighted by Gasteiger charge is -2.42. The second-order valence-electron chi connectivity index (χ2n) is 7.56. The number of rotatable bonds is 6. The first-order chi connectivity index (χ1) is 12.8. The van der Waals surface area contributed by atoms with Crippen LogP contribution in [-0.4, -0.2) is 66.0 Å². The van der Waals surface area contributed by atoms with Gasteiger partial charge in [-0.3, -0.25) is 0 Å². The molecule has 2 fully saturated rings. The number of halogens is 2. The molecule has 1 saturated heterocycles. The number of fused-ring (bicyclic) bond motifs is 1. The molecule has 10 heteroatoms. The van der Waals surface area contributed by atoms with Crippen molar-refractivity contribution in [1.82, 2.24) is 19.3 Å². The zero-order valence-electron chi connectivity index (χ0n) is 15.1. The maximum atomic E-state index is 12.8. The molecule has 0 radical (unpaired) electrons. The van der Waals surface area contributed by atoms with Gasteiger partial charge in [0.1, 0.15) is 17.8 Å². The van der Waals surface area contributed by atoms with Crippen LogP contribution in [0.4, 0.5) is 14.6 Å². The van der Waals surface area contributed by atoms with Crippen molar-refractivity contribution in [2.24, 2.45) is 11.8 Å². The molecule has 1 atom stereocenters. The predicted molar refractivity (Wildman–Crippen MR) is 98.3 cm³/mol. The molecule has 0 amide bonds.